The number of carbonyl (C=O) groups is 5. The van der Waals surface area contributed by atoms with Crippen LogP contribution in [0, 0.1) is 29.6 Å². The molecule has 37 heavy (non-hydrogen) atoms. The molecule has 0 rings (SSSR count). The second-order valence-electron chi connectivity index (χ2n) is 11.5. The third-order valence-electron chi connectivity index (χ3n) is 6.17. The maximum atomic E-state index is 13.0. The first-order chi connectivity index (χ1) is 17.1. The molecule has 0 fully saturated rings. The van der Waals surface area contributed by atoms with Gasteiger partial charge in [0, 0.05) is 25.3 Å². The van der Waals surface area contributed by atoms with Crippen LogP contribution in [0.1, 0.15) is 94.4 Å². The normalized spacial score (nSPS) is 13.9. The van der Waals surface area contributed by atoms with E-state index in [1.54, 1.807) is 13.8 Å². The van der Waals surface area contributed by atoms with Gasteiger partial charge in [-0.25, -0.2) is 0 Å². The minimum atomic E-state index is -0.740. The van der Waals surface area contributed by atoms with Crippen LogP contribution in [0.3, 0.4) is 0 Å². The Kier molecular flexibility index (Phi) is 16.7. The highest BCUT2D eigenvalue weighted by molar-refractivity contribution is 5.93. The Morgan fingerprint density at radius 2 is 1.27 bits per heavy atom. The fourth-order valence-corrected chi connectivity index (χ4v) is 4.13. The van der Waals surface area contributed by atoms with Crippen LogP contribution >= 0.6 is 0 Å². The number of rotatable bonds is 18. The Labute approximate surface area is 224 Å². The molecule has 3 atom stereocenters. The minimum Gasteiger partial charge on any atom is -0.356 e. The van der Waals surface area contributed by atoms with Crippen molar-refractivity contribution in [1.29, 1.82) is 0 Å². The summed E-state index contributed by atoms with van der Waals surface area (Å²) in [6, 6.07) is -1.40. The van der Waals surface area contributed by atoms with Gasteiger partial charge in [-0.1, -0.05) is 55.4 Å². The fraction of sp³-hybridized carbons (Fsp3) is 0.821. The highest BCUT2D eigenvalue weighted by Crippen LogP contribution is 2.21. The van der Waals surface area contributed by atoms with E-state index in [4.69, 9.17) is 0 Å². The summed E-state index contributed by atoms with van der Waals surface area (Å²) in [5, 5.41) is 11.0. The first-order valence-electron chi connectivity index (χ1n) is 13.8. The largest absolute Gasteiger partial charge is 0.356 e. The van der Waals surface area contributed by atoms with Gasteiger partial charge in [0.2, 0.25) is 23.6 Å². The zero-order chi connectivity index (χ0) is 28.7. The molecule has 0 aromatic rings. The van der Waals surface area contributed by atoms with Crippen LogP contribution in [-0.4, -0.2) is 54.6 Å². The monoisotopic (exact) mass is 524 g/mol. The van der Waals surface area contributed by atoms with Gasteiger partial charge in [0.1, 0.15) is 6.04 Å². The number of hydrogen-bond acceptors (Lipinski definition) is 5. The molecule has 3 unspecified atom stereocenters. The van der Waals surface area contributed by atoms with Crippen LogP contribution in [0.4, 0.5) is 0 Å². The second kappa shape index (κ2) is 17.9. The minimum absolute atomic E-state index is 0.0750. The van der Waals surface area contributed by atoms with Crippen molar-refractivity contribution < 1.29 is 24.0 Å². The highest BCUT2D eigenvalue weighted by atomic mass is 16.2. The number of carbonyl (C=O) groups excluding carboxylic acids is 5. The molecule has 9 heteroatoms. The van der Waals surface area contributed by atoms with Crippen LogP contribution in [0.15, 0.2) is 0 Å². The van der Waals surface area contributed by atoms with Crippen molar-refractivity contribution in [2.24, 2.45) is 29.6 Å². The van der Waals surface area contributed by atoms with E-state index in [1.165, 1.54) is 6.92 Å². The van der Waals surface area contributed by atoms with Crippen molar-refractivity contribution in [1.82, 2.24) is 21.3 Å². The van der Waals surface area contributed by atoms with Gasteiger partial charge in [0.25, 0.3) is 0 Å². The first-order valence-corrected chi connectivity index (χ1v) is 13.8. The van der Waals surface area contributed by atoms with Gasteiger partial charge in [-0.15, -0.1) is 0 Å². The molecule has 214 valence electrons. The fourth-order valence-electron chi connectivity index (χ4n) is 4.13. The Hall–Kier alpha value is -2.45. The summed E-state index contributed by atoms with van der Waals surface area (Å²) in [4.78, 5) is 62.2. The van der Waals surface area contributed by atoms with E-state index in [2.05, 4.69) is 35.1 Å². The third kappa shape index (κ3) is 15.4. The van der Waals surface area contributed by atoms with E-state index < -0.39 is 23.9 Å². The quantitative estimate of drug-likeness (QED) is 0.205. The van der Waals surface area contributed by atoms with Gasteiger partial charge in [0.05, 0.1) is 12.6 Å². The molecule has 0 aliphatic carbocycles. The summed E-state index contributed by atoms with van der Waals surface area (Å²) in [5.74, 6) is -0.973. The van der Waals surface area contributed by atoms with Crippen LogP contribution < -0.4 is 21.3 Å². The lowest BCUT2D eigenvalue weighted by Crippen LogP contribution is -2.52. The summed E-state index contributed by atoms with van der Waals surface area (Å²) < 4.78 is 0. The van der Waals surface area contributed by atoms with Crippen molar-refractivity contribution in [3.63, 3.8) is 0 Å². The molecule has 0 aromatic heterocycles. The molecule has 0 bridgehead atoms. The molecule has 0 saturated heterocycles. The van der Waals surface area contributed by atoms with Crippen molar-refractivity contribution in [2.75, 3.05) is 13.1 Å². The SMILES string of the molecule is CC(=O)NCCCCC(NC(=O)CNC(=O)C(CC(C)C)NC(=O)C(CC(C)C)C(C)C)C(=O)C(C)C. The van der Waals surface area contributed by atoms with E-state index >= 15 is 0 Å². The first kappa shape index (κ1) is 34.6. The summed E-state index contributed by atoms with van der Waals surface area (Å²) >= 11 is 0. The third-order valence-corrected chi connectivity index (χ3v) is 6.17. The van der Waals surface area contributed by atoms with E-state index in [-0.39, 0.29) is 47.8 Å². The summed E-state index contributed by atoms with van der Waals surface area (Å²) in [7, 11) is 0. The van der Waals surface area contributed by atoms with Crippen LogP contribution in [0.25, 0.3) is 0 Å². The molecule has 0 aromatic carbocycles. The lowest BCUT2D eigenvalue weighted by Gasteiger charge is -2.26. The number of amides is 4. The molecular formula is C28H52N4O5. The van der Waals surface area contributed by atoms with Crippen LogP contribution in [-0.2, 0) is 24.0 Å². The Balaban J connectivity index is 5.10. The van der Waals surface area contributed by atoms with E-state index in [1.807, 2.05) is 27.7 Å². The van der Waals surface area contributed by atoms with Gasteiger partial charge in [-0.2, -0.15) is 0 Å². The zero-order valence-corrected chi connectivity index (χ0v) is 24.5. The predicted octanol–water partition coefficient (Wildman–Crippen LogP) is 2.97. The van der Waals surface area contributed by atoms with E-state index in [0.717, 1.165) is 6.42 Å². The summed E-state index contributed by atoms with van der Waals surface area (Å²) in [5.41, 5.74) is 0. The molecular weight excluding hydrogens is 472 g/mol. The number of nitrogens with one attached hydrogen (secondary N) is 4. The maximum Gasteiger partial charge on any atom is 0.243 e. The number of ketones is 1. The number of hydrogen-bond donors (Lipinski definition) is 4. The molecule has 0 aliphatic heterocycles. The van der Waals surface area contributed by atoms with E-state index in [0.29, 0.717) is 38.1 Å². The molecule has 9 nitrogen and oxygen atoms in total. The zero-order valence-electron chi connectivity index (χ0n) is 24.5. The molecule has 0 aliphatic rings. The predicted molar refractivity (Wildman–Crippen MR) is 146 cm³/mol. The van der Waals surface area contributed by atoms with Gasteiger partial charge >= 0.3 is 0 Å². The number of unbranched alkanes of at least 4 members (excludes halogenated alkanes) is 1. The molecule has 0 saturated carbocycles. The number of Topliss-reactive ketones (excluding diaryl/α,β-unsaturated/α-hetero) is 1. The average Bonchev–Trinajstić information content (AvgIpc) is 2.77. The van der Waals surface area contributed by atoms with Crippen LogP contribution in [0.2, 0.25) is 0 Å². The summed E-state index contributed by atoms with van der Waals surface area (Å²) in [6.45, 7) is 17.3. The maximum absolute atomic E-state index is 13.0. The summed E-state index contributed by atoms with van der Waals surface area (Å²) in [6.07, 6.45) is 2.99. The molecule has 0 heterocycles. The lowest BCUT2D eigenvalue weighted by atomic mass is 9.86. The van der Waals surface area contributed by atoms with Gasteiger partial charge in [-0.3, -0.25) is 24.0 Å². The highest BCUT2D eigenvalue weighted by Gasteiger charge is 2.29. The van der Waals surface area contributed by atoms with Crippen molar-refractivity contribution in [3.8, 4) is 0 Å². The molecule has 4 N–H and O–H groups in total. The van der Waals surface area contributed by atoms with Crippen LogP contribution in [0.5, 0.6) is 0 Å². The lowest BCUT2D eigenvalue weighted by molar-refractivity contribution is -0.133. The van der Waals surface area contributed by atoms with E-state index in [9.17, 15) is 24.0 Å². The van der Waals surface area contributed by atoms with Gasteiger partial charge in [-0.05, 0) is 49.9 Å². The standard InChI is InChI=1S/C28H52N4O5/c1-17(2)14-22(19(5)6)27(36)32-24(15-18(3)4)28(37)30-16-25(34)31-23(26(35)20(7)8)12-10-11-13-29-21(9)33/h17-20,22-24H,10-16H2,1-9H3,(H,29,33)(H,30,37)(H,31,34)(H,32,36). The molecule has 0 spiro atoms. The van der Waals surface area contributed by atoms with Crippen molar-refractivity contribution in [3.05, 3.63) is 0 Å². The Morgan fingerprint density at radius 1 is 0.676 bits per heavy atom. The molecule has 4 amide bonds. The van der Waals surface area contributed by atoms with Crippen molar-refractivity contribution in [2.45, 2.75) is 107 Å². The van der Waals surface area contributed by atoms with Crippen molar-refractivity contribution >= 4 is 29.4 Å². The van der Waals surface area contributed by atoms with Gasteiger partial charge < -0.3 is 21.3 Å². The Bertz CT molecular complexity index is 749. The topological polar surface area (TPSA) is 133 Å². The Morgan fingerprint density at radius 3 is 1.76 bits per heavy atom. The average molecular weight is 525 g/mol. The molecule has 0 radical (unpaired) electrons. The smallest absolute Gasteiger partial charge is 0.243 e. The van der Waals surface area contributed by atoms with Gasteiger partial charge in [0.15, 0.2) is 5.78 Å². The second-order valence-corrected chi connectivity index (χ2v) is 11.5.